The van der Waals surface area contributed by atoms with E-state index in [0.717, 1.165) is 54.2 Å². The van der Waals surface area contributed by atoms with Gasteiger partial charge >= 0.3 is 0 Å². The van der Waals surface area contributed by atoms with Gasteiger partial charge in [0.1, 0.15) is 10.8 Å². The number of hydrogen-bond donors (Lipinski definition) is 2. The van der Waals surface area contributed by atoms with Crippen LogP contribution in [-0.2, 0) is 23.2 Å². The number of nitrogens with zero attached hydrogens (tertiary/aromatic N) is 2. The normalized spacial score (nSPS) is 12.1. The average molecular weight is 419 g/mol. The molecule has 7 heteroatoms. The minimum atomic E-state index is 0.0670. The summed E-state index contributed by atoms with van der Waals surface area (Å²) >= 11 is 1.68. The Morgan fingerprint density at radius 2 is 1.93 bits per heavy atom. The van der Waals surface area contributed by atoms with Gasteiger partial charge in [-0.25, -0.2) is 9.98 Å². The van der Waals surface area contributed by atoms with E-state index < -0.39 is 0 Å². The molecule has 2 aromatic rings. The fourth-order valence-electron chi connectivity index (χ4n) is 2.50. The van der Waals surface area contributed by atoms with Crippen LogP contribution in [0.3, 0.4) is 0 Å². The number of rotatable bonds is 10. The van der Waals surface area contributed by atoms with Gasteiger partial charge in [0.2, 0.25) is 0 Å². The van der Waals surface area contributed by atoms with E-state index in [2.05, 4.69) is 36.8 Å². The molecule has 0 amide bonds. The fraction of sp³-hybridized carbons (Fsp3) is 0.545. The molecule has 160 valence electrons. The van der Waals surface area contributed by atoms with E-state index in [4.69, 9.17) is 19.5 Å². The highest BCUT2D eigenvalue weighted by Gasteiger charge is 2.17. The zero-order chi connectivity index (χ0) is 21.1. The first-order valence-corrected chi connectivity index (χ1v) is 11.0. The highest BCUT2D eigenvalue weighted by molar-refractivity contribution is 7.09. The molecule has 1 aromatic heterocycles. The van der Waals surface area contributed by atoms with Gasteiger partial charge in [0.15, 0.2) is 5.96 Å². The van der Waals surface area contributed by atoms with Crippen LogP contribution < -0.4 is 15.4 Å². The standard InChI is InChI=1S/C22H34N4O2S/c1-6-28-13-7-12-23-21(24-14-17-8-10-18(27-5)11-9-17)25-15-20-26-19(16-29-20)22(2,3)4/h8-11,16H,6-7,12-15H2,1-5H3,(H2,23,24,25). The van der Waals surface area contributed by atoms with E-state index in [-0.39, 0.29) is 5.41 Å². The van der Waals surface area contributed by atoms with Gasteiger partial charge in [-0.2, -0.15) is 0 Å². The number of methoxy groups -OCH3 is 1. The number of hydrogen-bond acceptors (Lipinski definition) is 5. The Balaban J connectivity index is 1.96. The molecule has 0 radical (unpaired) electrons. The third kappa shape index (κ3) is 8.41. The zero-order valence-electron chi connectivity index (χ0n) is 18.2. The summed E-state index contributed by atoms with van der Waals surface area (Å²) in [5, 5.41) is 9.99. The molecule has 0 aliphatic rings. The van der Waals surface area contributed by atoms with Crippen LogP contribution in [0.1, 0.15) is 50.4 Å². The Hall–Kier alpha value is -2.12. The molecule has 0 fully saturated rings. The van der Waals surface area contributed by atoms with Crippen molar-refractivity contribution in [3.63, 3.8) is 0 Å². The zero-order valence-corrected chi connectivity index (χ0v) is 19.1. The Morgan fingerprint density at radius 3 is 2.55 bits per heavy atom. The van der Waals surface area contributed by atoms with Crippen molar-refractivity contribution in [1.29, 1.82) is 0 Å². The van der Waals surface area contributed by atoms with E-state index in [1.165, 1.54) is 0 Å². The van der Waals surface area contributed by atoms with Crippen LogP contribution in [0.25, 0.3) is 0 Å². The van der Waals surface area contributed by atoms with E-state index in [9.17, 15) is 0 Å². The lowest BCUT2D eigenvalue weighted by Gasteiger charge is -2.14. The molecule has 2 rings (SSSR count). The average Bonchev–Trinajstić information content (AvgIpc) is 3.19. The van der Waals surface area contributed by atoms with Crippen LogP contribution in [0.2, 0.25) is 0 Å². The largest absolute Gasteiger partial charge is 0.497 e. The maximum Gasteiger partial charge on any atom is 0.191 e. The van der Waals surface area contributed by atoms with Gasteiger partial charge in [-0.3, -0.25) is 0 Å². The minimum Gasteiger partial charge on any atom is -0.497 e. The second-order valence-electron chi connectivity index (χ2n) is 7.72. The number of aromatic nitrogens is 1. The van der Waals surface area contributed by atoms with Gasteiger partial charge in [0.05, 0.1) is 25.9 Å². The number of benzene rings is 1. The summed E-state index contributed by atoms with van der Waals surface area (Å²) in [6.45, 7) is 12.1. The van der Waals surface area contributed by atoms with Crippen molar-refractivity contribution in [3.8, 4) is 5.75 Å². The smallest absolute Gasteiger partial charge is 0.191 e. The van der Waals surface area contributed by atoms with Crippen molar-refractivity contribution in [3.05, 3.63) is 45.9 Å². The maximum absolute atomic E-state index is 5.41. The summed E-state index contributed by atoms with van der Waals surface area (Å²) in [7, 11) is 1.67. The van der Waals surface area contributed by atoms with Crippen molar-refractivity contribution in [2.75, 3.05) is 26.9 Å². The highest BCUT2D eigenvalue weighted by atomic mass is 32.1. The lowest BCUT2D eigenvalue weighted by Crippen LogP contribution is -2.37. The molecular formula is C22H34N4O2S. The van der Waals surface area contributed by atoms with Crippen molar-refractivity contribution in [2.45, 2.75) is 52.6 Å². The van der Waals surface area contributed by atoms with Crippen molar-refractivity contribution < 1.29 is 9.47 Å². The summed E-state index contributed by atoms with van der Waals surface area (Å²) in [5.41, 5.74) is 2.32. The molecular weight excluding hydrogens is 384 g/mol. The Labute approximate surface area is 178 Å². The van der Waals surface area contributed by atoms with Crippen LogP contribution in [0.15, 0.2) is 34.6 Å². The first-order valence-electron chi connectivity index (χ1n) is 10.1. The number of guanidine groups is 1. The fourth-order valence-corrected chi connectivity index (χ4v) is 3.46. The molecule has 1 heterocycles. The van der Waals surface area contributed by atoms with Crippen molar-refractivity contribution >= 4 is 17.3 Å². The maximum atomic E-state index is 5.41. The Kier molecular flexibility index (Phi) is 9.41. The van der Waals surface area contributed by atoms with Crippen LogP contribution in [0, 0.1) is 0 Å². The molecule has 29 heavy (non-hydrogen) atoms. The van der Waals surface area contributed by atoms with E-state index in [0.29, 0.717) is 13.1 Å². The third-order valence-corrected chi connectivity index (χ3v) is 5.12. The van der Waals surface area contributed by atoms with Crippen LogP contribution in [0.4, 0.5) is 0 Å². The SMILES string of the molecule is CCOCCCNC(=NCc1ccc(OC)cc1)NCc1nc(C(C)(C)C)cs1. The molecule has 0 bridgehead atoms. The van der Waals surface area contributed by atoms with E-state index in [1.54, 1.807) is 18.4 Å². The molecule has 0 atom stereocenters. The van der Waals surface area contributed by atoms with Gasteiger partial charge < -0.3 is 20.1 Å². The first kappa shape index (κ1) is 23.2. The quantitative estimate of drug-likeness (QED) is 0.345. The lowest BCUT2D eigenvalue weighted by molar-refractivity contribution is 0.145. The summed E-state index contributed by atoms with van der Waals surface area (Å²) in [5.74, 6) is 1.63. The topological polar surface area (TPSA) is 67.8 Å². The second kappa shape index (κ2) is 11.8. The number of thiazole rings is 1. The lowest BCUT2D eigenvalue weighted by atomic mass is 9.93. The number of aliphatic imine (C=N–C) groups is 1. The second-order valence-corrected chi connectivity index (χ2v) is 8.66. The number of nitrogens with one attached hydrogen (secondary N) is 2. The summed E-state index contributed by atoms with van der Waals surface area (Å²) in [6, 6.07) is 7.98. The van der Waals surface area contributed by atoms with E-state index >= 15 is 0 Å². The predicted molar refractivity (Wildman–Crippen MR) is 121 cm³/mol. The van der Waals surface area contributed by atoms with Gasteiger partial charge in [0, 0.05) is 30.6 Å². The molecule has 6 nitrogen and oxygen atoms in total. The van der Waals surface area contributed by atoms with Gasteiger partial charge in [-0.1, -0.05) is 32.9 Å². The molecule has 0 saturated heterocycles. The Morgan fingerprint density at radius 1 is 1.17 bits per heavy atom. The molecule has 0 aliphatic carbocycles. The van der Waals surface area contributed by atoms with Gasteiger partial charge in [-0.05, 0) is 31.0 Å². The molecule has 0 saturated carbocycles. The van der Waals surface area contributed by atoms with Crippen LogP contribution >= 0.6 is 11.3 Å². The van der Waals surface area contributed by atoms with Crippen molar-refractivity contribution in [1.82, 2.24) is 15.6 Å². The van der Waals surface area contributed by atoms with Gasteiger partial charge in [0.25, 0.3) is 0 Å². The molecule has 0 aliphatic heterocycles. The third-order valence-electron chi connectivity index (χ3n) is 4.27. The minimum absolute atomic E-state index is 0.0670. The monoisotopic (exact) mass is 418 g/mol. The van der Waals surface area contributed by atoms with Crippen LogP contribution in [-0.4, -0.2) is 37.8 Å². The van der Waals surface area contributed by atoms with Crippen LogP contribution in [0.5, 0.6) is 5.75 Å². The van der Waals surface area contributed by atoms with Crippen molar-refractivity contribution in [2.24, 2.45) is 4.99 Å². The summed E-state index contributed by atoms with van der Waals surface area (Å²) < 4.78 is 10.6. The molecule has 2 N–H and O–H groups in total. The highest BCUT2D eigenvalue weighted by Crippen LogP contribution is 2.23. The molecule has 0 unspecified atom stereocenters. The Bertz CT molecular complexity index is 751. The molecule has 1 aromatic carbocycles. The van der Waals surface area contributed by atoms with Gasteiger partial charge in [-0.15, -0.1) is 11.3 Å². The molecule has 0 spiro atoms. The summed E-state index contributed by atoms with van der Waals surface area (Å²) in [4.78, 5) is 9.48. The predicted octanol–water partition coefficient (Wildman–Crippen LogP) is 4.11. The number of ether oxygens (including phenoxy) is 2. The first-order chi connectivity index (χ1) is 13.9. The van der Waals surface area contributed by atoms with E-state index in [1.807, 2.05) is 31.2 Å². The summed E-state index contributed by atoms with van der Waals surface area (Å²) in [6.07, 6.45) is 0.933.